The molecule has 1 aromatic heterocycles. The SMILES string of the molecule is CC(C)c1nc2cc(NC3CC4CC=CC43)ccc2o1. The van der Waals surface area contributed by atoms with Crippen molar-refractivity contribution in [2.24, 2.45) is 11.8 Å². The van der Waals surface area contributed by atoms with Gasteiger partial charge in [-0.15, -0.1) is 0 Å². The van der Waals surface area contributed by atoms with Gasteiger partial charge in [0.05, 0.1) is 0 Å². The Balaban J connectivity index is 1.56. The second kappa shape index (κ2) is 4.37. The molecule has 0 amide bonds. The van der Waals surface area contributed by atoms with E-state index >= 15 is 0 Å². The average molecular weight is 268 g/mol. The van der Waals surface area contributed by atoms with Gasteiger partial charge < -0.3 is 9.73 Å². The zero-order valence-corrected chi connectivity index (χ0v) is 12.0. The monoisotopic (exact) mass is 268 g/mol. The molecule has 3 nitrogen and oxygen atoms in total. The van der Waals surface area contributed by atoms with Crippen molar-refractivity contribution >= 4 is 16.8 Å². The minimum Gasteiger partial charge on any atom is -0.440 e. The third kappa shape index (κ3) is 1.84. The van der Waals surface area contributed by atoms with Crippen LogP contribution in [0, 0.1) is 11.8 Å². The quantitative estimate of drug-likeness (QED) is 0.842. The number of hydrogen-bond donors (Lipinski definition) is 1. The lowest BCUT2D eigenvalue weighted by molar-refractivity contribution is 0.218. The first-order valence-electron chi connectivity index (χ1n) is 7.54. The number of nitrogens with one attached hydrogen (secondary N) is 1. The van der Waals surface area contributed by atoms with Crippen LogP contribution in [0.1, 0.15) is 38.5 Å². The molecule has 1 fully saturated rings. The number of nitrogens with zero attached hydrogens (tertiary/aromatic N) is 1. The lowest BCUT2D eigenvalue weighted by atomic mass is 9.71. The smallest absolute Gasteiger partial charge is 0.198 e. The molecule has 0 radical (unpaired) electrons. The Kier molecular flexibility index (Phi) is 2.62. The standard InChI is InChI=1S/C17H20N2O/c1-10(2)17-19-15-9-12(6-7-16(15)20-17)18-14-8-11-4-3-5-13(11)14/h3,5-7,9-11,13-14,18H,4,8H2,1-2H3. The largest absolute Gasteiger partial charge is 0.440 e. The van der Waals surface area contributed by atoms with E-state index in [1.165, 1.54) is 12.8 Å². The van der Waals surface area contributed by atoms with Crippen molar-refractivity contribution in [1.29, 1.82) is 0 Å². The molecule has 104 valence electrons. The summed E-state index contributed by atoms with van der Waals surface area (Å²) in [5.74, 6) is 2.76. The van der Waals surface area contributed by atoms with E-state index in [9.17, 15) is 0 Å². The van der Waals surface area contributed by atoms with Crippen LogP contribution >= 0.6 is 0 Å². The normalized spacial score (nSPS) is 27.9. The van der Waals surface area contributed by atoms with Gasteiger partial charge in [0.2, 0.25) is 0 Å². The van der Waals surface area contributed by atoms with Gasteiger partial charge >= 0.3 is 0 Å². The third-order valence-electron chi connectivity index (χ3n) is 4.61. The minimum absolute atomic E-state index is 0.329. The van der Waals surface area contributed by atoms with E-state index in [2.05, 4.69) is 48.4 Å². The Labute approximate surface area is 119 Å². The van der Waals surface area contributed by atoms with Gasteiger partial charge in [0.1, 0.15) is 5.52 Å². The number of benzene rings is 1. The molecule has 1 N–H and O–H groups in total. The zero-order chi connectivity index (χ0) is 13.7. The number of fused-ring (bicyclic) bond motifs is 2. The minimum atomic E-state index is 0.329. The lowest BCUT2D eigenvalue weighted by Crippen LogP contribution is -2.43. The Hall–Kier alpha value is -1.77. The van der Waals surface area contributed by atoms with Gasteiger partial charge in [0.25, 0.3) is 0 Å². The summed E-state index contributed by atoms with van der Waals surface area (Å²) in [6.07, 6.45) is 7.25. The van der Waals surface area contributed by atoms with Crippen molar-refractivity contribution in [2.45, 2.75) is 38.6 Å². The first-order chi connectivity index (χ1) is 9.70. The van der Waals surface area contributed by atoms with Gasteiger partial charge in [-0.1, -0.05) is 26.0 Å². The van der Waals surface area contributed by atoms with E-state index in [-0.39, 0.29) is 0 Å². The van der Waals surface area contributed by atoms with Crippen LogP contribution in [-0.2, 0) is 0 Å². The fourth-order valence-corrected chi connectivity index (χ4v) is 3.38. The molecule has 0 spiro atoms. The average Bonchev–Trinajstić information content (AvgIpc) is 2.98. The molecule has 3 atom stereocenters. The molecular formula is C17H20N2O. The summed E-state index contributed by atoms with van der Waals surface area (Å²) in [5, 5.41) is 3.65. The molecule has 4 rings (SSSR count). The van der Waals surface area contributed by atoms with Crippen molar-refractivity contribution in [3.05, 3.63) is 36.2 Å². The Bertz CT molecular complexity index is 671. The van der Waals surface area contributed by atoms with Crippen molar-refractivity contribution in [3.8, 4) is 0 Å². The van der Waals surface area contributed by atoms with Gasteiger partial charge in [0.15, 0.2) is 11.5 Å². The Morgan fingerprint density at radius 3 is 3.05 bits per heavy atom. The van der Waals surface area contributed by atoms with Gasteiger partial charge in [-0.3, -0.25) is 0 Å². The summed E-state index contributed by atoms with van der Waals surface area (Å²) in [5.41, 5.74) is 2.99. The number of oxazole rings is 1. The number of hydrogen-bond acceptors (Lipinski definition) is 3. The van der Waals surface area contributed by atoms with Crippen LogP contribution in [0.2, 0.25) is 0 Å². The van der Waals surface area contributed by atoms with Crippen LogP contribution in [0.3, 0.4) is 0 Å². The summed E-state index contributed by atoms with van der Waals surface area (Å²) >= 11 is 0. The number of anilines is 1. The van der Waals surface area contributed by atoms with Gasteiger partial charge in [-0.05, 0) is 37.0 Å². The van der Waals surface area contributed by atoms with Crippen molar-refractivity contribution in [3.63, 3.8) is 0 Å². The fourth-order valence-electron chi connectivity index (χ4n) is 3.38. The van der Waals surface area contributed by atoms with Crippen LogP contribution < -0.4 is 5.32 Å². The molecule has 1 aromatic carbocycles. The Morgan fingerprint density at radius 1 is 1.35 bits per heavy atom. The van der Waals surface area contributed by atoms with Gasteiger partial charge in [-0.2, -0.15) is 0 Å². The van der Waals surface area contributed by atoms with Crippen LogP contribution in [0.4, 0.5) is 5.69 Å². The van der Waals surface area contributed by atoms with Crippen molar-refractivity contribution in [2.75, 3.05) is 5.32 Å². The highest BCUT2D eigenvalue weighted by Gasteiger charge is 2.40. The van der Waals surface area contributed by atoms with Gasteiger partial charge in [-0.25, -0.2) is 4.98 Å². The molecular weight excluding hydrogens is 248 g/mol. The van der Waals surface area contributed by atoms with Crippen LogP contribution in [-0.4, -0.2) is 11.0 Å². The third-order valence-corrected chi connectivity index (χ3v) is 4.61. The topological polar surface area (TPSA) is 38.1 Å². The van der Waals surface area contributed by atoms with E-state index in [0.29, 0.717) is 12.0 Å². The number of allylic oxidation sites excluding steroid dienone is 1. The molecule has 2 aliphatic rings. The molecule has 1 saturated carbocycles. The summed E-state index contributed by atoms with van der Waals surface area (Å²) < 4.78 is 5.75. The second-order valence-corrected chi connectivity index (χ2v) is 6.38. The van der Waals surface area contributed by atoms with Crippen LogP contribution in [0.15, 0.2) is 34.8 Å². The molecule has 0 saturated heterocycles. The molecule has 0 aliphatic heterocycles. The second-order valence-electron chi connectivity index (χ2n) is 6.38. The van der Waals surface area contributed by atoms with E-state index in [1.54, 1.807) is 0 Å². The lowest BCUT2D eigenvalue weighted by Gasteiger charge is -2.41. The summed E-state index contributed by atoms with van der Waals surface area (Å²) in [6, 6.07) is 6.82. The summed E-state index contributed by atoms with van der Waals surface area (Å²) in [6.45, 7) is 4.20. The zero-order valence-electron chi connectivity index (χ0n) is 12.0. The van der Waals surface area contributed by atoms with E-state index in [4.69, 9.17) is 4.42 Å². The molecule has 3 unspecified atom stereocenters. The van der Waals surface area contributed by atoms with Crippen LogP contribution in [0.5, 0.6) is 0 Å². The maximum Gasteiger partial charge on any atom is 0.198 e. The molecule has 2 aliphatic carbocycles. The molecule has 2 aromatic rings. The first-order valence-corrected chi connectivity index (χ1v) is 7.54. The first kappa shape index (κ1) is 12.0. The van der Waals surface area contributed by atoms with E-state index in [1.807, 2.05) is 6.07 Å². The molecule has 0 bridgehead atoms. The van der Waals surface area contributed by atoms with E-state index < -0.39 is 0 Å². The van der Waals surface area contributed by atoms with Crippen molar-refractivity contribution < 1.29 is 4.42 Å². The maximum atomic E-state index is 5.75. The van der Waals surface area contributed by atoms with E-state index in [0.717, 1.165) is 34.5 Å². The number of rotatable bonds is 3. The fraction of sp³-hybridized carbons (Fsp3) is 0.471. The molecule has 1 heterocycles. The highest BCUT2D eigenvalue weighted by Crippen LogP contribution is 2.44. The highest BCUT2D eigenvalue weighted by molar-refractivity contribution is 5.77. The van der Waals surface area contributed by atoms with Gasteiger partial charge in [0, 0.05) is 23.6 Å². The maximum absolute atomic E-state index is 5.75. The summed E-state index contributed by atoms with van der Waals surface area (Å²) in [7, 11) is 0. The summed E-state index contributed by atoms with van der Waals surface area (Å²) in [4.78, 5) is 4.57. The Morgan fingerprint density at radius 2 is 2.25 bits per heavy atom. The van der Waals surface area contributed by atoms with Crippen molar-refractivity contribution in [1.82, 2.24) is 4.98 Å². The predicted octanol–water partition coefficient (Wildman–Crippen LogP) is 4.33. The molecule has 3 heteroatoms. The predicted molar refractivity (Wildman–Crippen MR) is 80.9 cm³/mol. The number of aromatic nitrogens is 1. The van der Waals surface area contributed by atoms with Crippen LogP contribution in [0.25, 0.3) is 11.1 Å². The highest BCUT2D eigenvalue weighted by atomic mass is 16.3. The molecule has 20 heavy (non-hydrogen) atoms.